The van der Waals surface area contributed by atoms with E-state index in [2.05, 4.69) is 24.8 Å². The average Bonchev–Trinajstić information content (AvgIpc) is 2.76. The molecule has 1 aromatic carbocycles. The Balaban J connectivity index is 1.34. The predicted octanol–water partition coefficient (Wildman–Crippen LogP) is 3.07. The molecule has 7 nitrogen and oxygen atoms in total. The topological polar surface area (TPSA) is 75.0 Å². The number of benzene rings is 1. The number of nitriles is 1. The van der Waals surface area contributed by atoms with Crippen molar-refractivity contribution in [3.8, 4) is 17.6 Å². The van der Waals surface area contributed by atoms with Crippen LogP contribution in [0.4, 0.5) is 0 Å². The Kier molecular flexibility index (Phi) is 8.56. The van der Waals surface area contributed by atoms with Crippen molar-refractivity contribution in [3.63, 3.8) is 0 Å². The molecule has 2 saturated heterocycles. The van der Waals surface area contributed by atoms with Crippen LogP contribution in [0.3, 0.4) is 0 Å². The molecule has 0 aliphatic carbocycles. The summed E-state index contributed by atoms with van der Waals surface area (Å²) in [6, 6.07) is 7.17. The van der Waals surface area contributed by atoms with Crippen molar-refractivity contribution in [1.29, 1.82) is 5.26 Å². The summed E-state index contributed by atoms with van der Waals surface area (Å²) in [7, 11) is 1.55. The Bertz CT molecular complexity index is 761. The Morgan fingerprint density at radius 1 is 1.19 bits per heavy atom. The molecule has 2 aliphatic heterocycles. The van der Waals surface area contributed by atoms with Gasteiger partial charge in [0.05, 0.1) is 37.6 Å². The van der Waals surface area contributed by atoms with Crippen LogP contribution >= 0.6 is 0 Å². The molecule has 0 bridgehead atoms. The third-order valence-corrected chi connectivity index (χ3v) is 6.06. The van der Waals surface area contributed by atoms with Gasteiger partial charge in [-0.3, -0.25) is 9.69 Å². The van der Waals surface area contributed by atoms with Crippen LogP contribution in [-0.2, 0) is 9.53 Å². The molecular weight excluding hydrogens is 394 g/mol. The van der Waals surface area contributed by atoms with Gasteiger partial charge in [0, 0.05) is 45.2 Å². The lowest BCUT2D eigenvalue weighted by Gasteiger charge is -2.39. The van der Waals surface area contributed by atoms with Gasteiger partial charge < -0.3 is 19.1 Å². The molecule has 2 aliphatic rings. The highest BCUT2D eigenvalue weighted by Crippen LogP contribution is 2.28. The number of likely N-dealkylation sites (tertiary alicyclic amines) is 1. The average molecular weight is 430 g/mol. The largest absolute Gasteiger partial charge is 0.493 e. The minimum Gasteiger partial charge on any atom is -0.493 e. The van der Waals surface area contributed by atoms with Crippen LogP contribution in [0.25, 0.3) is 0 Å². The number of carbonyl (C=O) groups is 1. The van der Waals surface area contributed by atoms with Crippen LogP contribution in [0.1, 0.15) is 45.1 Å². The number of hydrogen-bond donors (Lipinski definition) is 0. The fraction of sp³-hybridized carbons (Fsp3) is 0.667. The minimum atomic E-state index is 0.211. The summed E-state index contributed by atoms with van der Waals surface area (Å²) < 4.78 is 16.9. The molecule has 0 N–H and O–H groups in total. The standard InChI is InChI=1S/C24H35N3O4/c1-18-15-26(16-19(2)31-18)17-20-8-10-27(11-9-20)24(28)5-4-12-30-22-7-6-21(14-25)13-23(22)29-3/h6-7,13,18-20H,4-5,8-12,15-17H2,1-3H3. The lowest BCUT2D eigenvalue weighted by molar-refractivity contribution is -0.133. The van der Waals surface area contributed by atoms with E-state index in [9.17, 15) is 4.79 Å². The van der Waals surface area contributed by atoms with Gasteiger partial charge in [-0.1, -0.05) is 0 Å². The molecule has 3 rings (SSSR count). The molecule has 7 heteroatoms. The van der Waals surface area contributed by atoms with Gasteiger partial charge in [-0.15, -0.1) is 0 Å². The summed E-state index contributed by atoms with van der Waals surface area (Å²) in [5.41, 5.74) is 0.528. The van der Waals surface area contributed by atoms with Gasteiger partial charge >= 0.3 is 0 Å². The third-order valence-electron chi connectivity index (χ3n) is 6.06. The van der Waals surface area contributed by atoms with Gasteiger partial charge in [-0.2, -0.15) is 5.26 Å². The number of methoxy groups -OCH3 is 1. The fourth-order valence-corrected chi connectivity index (χ4v) is 4.58. The zero-order valence-electron chi connectivity index (χ0n) is 19.0. The Hall–Kier alpha value is -2.30. The fourth-order valence-electron chi connectivity index (χ4n) is 4.58. The minimum absolute atomic E-state index is 0.211. The summed E-state index contributed by atoms with van der Waals surface area (Å²) in [4.78, 5) is 17.1. The molecule has 2 fully saturated rings. The summed E-state index contributed by atoms with van der Waals surface area (Å²) >= 11 is 0. The van der Waals surface area contributed by atoms with Crippen LogP contribution in [0.2, 0.25) is 0 Å². The number of rotatable bonds is 8. The molecule has 2 unspecified atom stereocenters. The van der Waals surface area contributed by atoms with E-state index in [0.29, 0.717) is 54.6 Å². The number of hydrogen-bond acceptors (Lipinski definition) is 6. The molecule has 0 spiro atoms. The Labute approximate surface area is 185 Å². The van der Waals surface area contributed by atoms with Gasteiger partial charge in [0.25, 0.3) is 0 Å². The summed E-state index contributed by atoms with van der Waals surface area (Å²) in [5, 5.41) is 8.97. The van der Waals surface area contributed by atoms with E-state index in [1.807, 2.05) is 4.90 Å². The normalized spacial score (nSPS) is 22.7. The molecule has 2 atom stereocenters. The third kappa shape index (κ3) is 6.84. The zero-order chi connectivity index (χ0) is 22.2. The van der Waals surface area contributed by atoms with Gasteiger partial charge in [-0.25, -0.2) is 0 Å². The van der Waals surface area contributed by atoms with Crippen molar-refractivity contribution in [3.05, 3.63) is 23.8 Å². The van der Waals surface area contributed by atoms with Gasteiger partial charge in [0.1, 0.15) is 0 Å². The summed E-state index contributed by atoms with van der Waals surface area (Å²) in [6.07, 6.45) is 3.90. The number of carbonyl (C=O) groups excluding carboxylic acids is 1. The molecular formula is C24H35N3O4. The maximum atomic E-state index is 12.6. The van der Waals surface area contributed by atoms with E-state index in [1.54, 1.807) is 25.3 Å². The van der Waals surface area contributed by atoms with Gasteiger partial charge in [-0.05, 0) is 51.2 Å². The lowest BCUT2D eigenvalue weighted by atomic mass is 9.95. The van der Waals surface area contributed by atoms with E-state index in [1.165, 1.54) is 0 Å². The van der Waals surface area contributed by atoms with Crippen LogP contribution < -0.4 is 9.47 Å². The zero-order valence-corrected chi connectivity index (χ0v) is 19.0. The first-order valence-electron chi connectivity index (χ1n) is 11.3. The highest BCUT2D eigenvalue weighted by Gasteiger charge is 2.27. The maximum absolute atomic E-state index is 12.6. The molecule has 1 amide bonds. The number of morpholine rings is 1. The SMILES string of the molecule is COc1cc(C#N)ccc1OCCCC(=O)N1CCC(CN2CC(C)OC(C)C2)CC1. The monoisotopic (exact) mass is 429 g/mol. The number of nitrogens with zero attached hydrogens (tertiary/aromatic N) is 3. The van der Waals surface area contributed by atoms with E-state index in [-0.39, 0.29) is 5.91 Å². The van der Waals surface area contributed by atoms with Crippen molar-refractivity contribution in [2.45, 2.75) is 51.7 Å². The van der Waals surface area contributed by atoms with E-state index < -0.39 is 0 Å². The second-order valence-corrected chi connectivity index (χ2v) is 8.73. The van der Waals surface area contributed by atoms with Gasteiger partial charge in [0.15, 0.2) is 11.5 Å². The van der Waals surface area contributed by atoms with Crippen LogP contribution in [0, 0.1) is 17.2 Å². The first-order valence-corrected chi connectivity index (χ1v) is 11.3. The molecule has 0 radical (unpaired) electrons. The van der Waals surface area contributed by atoms with Crippen molar-refractivity contribution < 1.29 is 19.0 Å². The number of amides is 1. The Morgan fingerprint density at radius 3 is 2.55 bits per heavy atom. The summed E-state index contributed by atoms with van der Waals surface area (Å²) in [5.74, 6) is 2.01. The van der Waals surface area contributed by atoms with E-state index in [4.69, 9.17) is 19.5 Å². The van der Waals surface area contributed by atoms with E-state index in [0.717, 1.165) is 45.6 Å². The highest BCUT2D eigenvalue weighted by molar-refractivity contribution is 5.76. The molecule has 2 heterocycles. The second kappa shape index (κ2) is 11.4. The van der Waals surface area contributed by atoms with Crippen LogP contribution in [-0.4, -0.2) is 74.4 Å². The highest BCUT2D eigenvalue weighted by atomic mass is 16.5. The molecule has 1 aromatic rings. The maximum Gasteiger partial charge on any atom is 0.222 e. The lowest BCUT2D eigenvalue weighted by Crippen LogP contribution is -2.48. The van der Waals surface area contributed by atoms with Crippen LogP contribution in [0.5, 0.6) is 11.5 Å². The van der Waals surface area contributed by atoms with Crippen molar-refractivity contribution >= 4 is 5.91 Å². The van der Waals surface area contributed by atoms with E-state index >= 15 is 0 Å². The number of piperidine rings is 1. The van der Waals surface area contributed by atoms with Crippen LogP contribution in [0.15, 0.2) is 18.2 Å². The summed E-state index contributed by atoms with van der Waals surface area (Å²) in [6.45, 7) is 9.56. The first kappa shape index (κ1) is 23.4. The molecule has 31 heavy (non-hydrogen) atoms. The smallest absolute Gasteiger partial charge is 0.222 e. The van der Waals surface area contributed by atoms with Crippen molar-refractivity contribution in [2.75, 3.05) is 46.4 Å². The number of ether oxygens (including phenoxy) is 3. The van der Waals surface area contributed by atoms with Crippen molar-refractivity contribution in [2.24, 2.45) is 5.92 Å². The second-order valence-electron chi connectivity index (χ2n) is 8.73. The van der Waals surface area contributed by atoms with Gasteiger partial charge in [0.2, 0.25) is 5.91 Å². The predicted molar refractivity (Wildman–Crippen MR) is 118 cm³/mol. The molecule has 0 saturated carbocycles. The molecule has 170 valence electrons. The first-order chi connectivity index (χ1) is 15.0. The Morgan fingerprint density at radius 2 is 1.90 bits per heavy atom. The quantitative estimate of drug-likeness (QED) is 0.591. The van der Waals surface area contributed by atoms with Crippen molar-refractivity contribution in [1.82, 2.24) is 9.80 Å². The molecule has 0 aromatic heterocycles.